The molecule has 1 aliphatic heterocycles. The molecule has 0 saturated carbocycles. The van der Waals surface area contributed by atoms with Gasteiger partial charge in [0.25, 0.3) is 5.91 Å². The number of methoxy groups -OCH3 is 1. The third-order valence-electron chi connectivity index (χ3n) is 5.90. The molecule has 0 spiro atoms. The Morgan fingerprint density at radius 2 is 1.74 bits per heavy atom. The van der Waals surface area contributed by atoms with E-state index in [2.05, 4.69) is 15.6 Å². The van der Waals surface area contributed by atoms with E-state index in [1.807, 2.05) is 30.3 Å². The van der Waals surface area contributed by atoms with Crippen LogP contribution in [0.5, 0.6) is 0 Å². The fourth-order valence-corrected chi connectivity index (χ4v) is 4.73. The molecule has 2 aromatic rings. The van der Waals surface area contributed by atoms with Gasteiger partial charge in [0.2, 0.25) is 5.91 Å². The van der Waals surface area contributed by atoms with E-state index in [0.29, 0.717) is 24.5 Å². The molecule has 1 atom stereocenters. The number of nitrogens with zero attached hydrogens (tertiary/aromatic N) is 3. The number of aromatic nitrogens is 1. The Morgan fingerprint density at radius 1 is 1.08 bits per heavy atom. The SMILES string of the molecule is CCOC(=O)N1CCN(C(=O)C(CP(=O)(O)O)NC(=O)c2cc(NCCOC)cc(-c3ccccc3)n2)CC1. The first-order valence-electron chi connectivity index (χ1n) is 12.5. The molecule has 1 unspecified atom stereocenters. The van der Waals surface area contributed by atoms with Crippen LogP contribution in [-0.2, 0) is 18.8 Å². The van der Waals surface area contributed by atoms with E-state index in [-0.39, 0.29) is 38.5 Å². The van der Waals surface area contributed by atoms with E-state index in [4.69, 9.17) is 9.47 Å². The number of pyridine rings is 1. The maximum Gasteiger partial charge on any atom is 0.409 e. The zero-order valence-corrected chi connectivity index (χ0v) is 22.8. The van der Waals surface area contributed by atoms with Crippen molar-refractivity contribution < 1.29 is 38.2 Å². The van der Waals surface area contributed by atoms with Gasteiger partial charge in [-0.15, -0.1) is 0 Å². The average Bonchev–Trinajstić information content (AvgIpc) is 2.92. The summed E-state index contributed by atoms with van der Waals surface area (Å²) in [6.45, 7) is 3.44. The van der Waals surface area contributed by atoms with Crippen molar-refractivity contribution in [1.29, 1.82) is 0 Å². The van der Waals surface area contributed by atoms with Crippen LogP contribution in [0.2, 0.25) is 0 Å². The second kappa shape index (κ2) is 14.0. The van der Waals surface area contributed by atoms with Crippen LogP contribution in [0.4, 0.5) is 10.5 Å². The van der Waals surface area contributed by atoms with Gasteiger partial charge >= 0.3 is 13.7 Å². The Kier molecular flexibility index (Phi) is 10.8. The van der Waals surface area contributed by atoms with Crippen molar-refractivity contribution in [3.8, 4) is 11.3 Å². The first kappa shape index (κ1) is 30.0. The van der Waals surface area contributed by atoms with Crippen LogP contribution in [0.3, 0.4) is 0 Å². The highest BCUT2D eigenvalue weighted by molar-refractivity contribution is 7.51. The number of carbonyl (C=O) groups excluding carboxylic acids is 3. The molecule has 0 bridgehead atoms. The molecule has 0 aliphatic carbocycles. The van der Waals surface area contributed by atoms with Crippen LogP contribution in [0.15, 0.2) is 42.5 Å². The summed E-state index contributed by atoms with van der Waals surface area (Å²) in [5.74, 6) is -1.42. The Bertz CT molecular complexity index is 1180. The van der Waals surface area contributed by atoms with Crippen LogP contribution < -0.4 is 10.6 Å². The van der Waals surface area contributed by atoms with Crippen molar-refractivity contribution in [2.45, 2.75) is 13.0 Å². The van der Waals surface area contributed by atoms with Gasteiger partial charge in [0.15, 0.2) is 0 Å². The number of anilines is 1. The molecule has 1 aromatic heterocycles. The quantitative estimate of drug-likeness (QED) is 0.231. The molecule has 3 rings (SSSR count). The van der Waals surface area contributed by atoms with Gasteiger partial charge in [0, 0.05) is 51.1 Å². The molecular weight excluding hydrogens is 529 g/mol. The van der Waals surface area contributed by atoms with E-state index in [0.717, 1.165) is 5.56 Å². The average molecular weight is 564 g/mol. The van der Waals surface area contributed by atoms with Crippen LogP contribution in [0.25, 0.3) is 11.3 Å². The number of nitrogens with one attached hydrogen (secondary N) is 2. The second-order valence-electron chi connectivity index (χ2n) is 8.80. The van der Waals surface area contributed by atoms with Crippen LogP contribution in [-0.4, -0.2) is 108 Å². The van der Waals surface area contributed by atoms with Gasteiger partial charge in [-0.3, -0.25) is 14.2 Å². The molecule has 4 N–H and O–H groups in total. The molecular formula is C25H34N5O8P. The van der Waals surface area contributed by atoms with Crippen LogP contribution in [0.1, 0.15) is 17.4 Å². The number of amides is 3. The number of hydrogen-bond donors (Lipinski definition) is 4. The van der Waals surface area contributed by atoms with Gasteiger partial charge in [-0.05, 0) is 19.1 Å². The number of ether oxygens (including phenoxy) is 2. The van der Waals surface area contributed by atoms with Crippen molar-refractivity contribution >= 4 is 31.2 Å². The Morgan fingerprint density at radius 3 is 2.36 bits per heavy atom. The Hall–Kier alpha value is -3.51. The van der Waals surface area contributed by atoms with Gasteiger partial charge in [-0.25, -0.2) is 9.78 Å². The molecule has 39 heavy (non-hydrogen) atoms. The van der Waals surface area contributed by atoms with Crippen molar-refractivity contribution in [3.05, 3.63) is 48.2 Å². The largest absolute Gasteiger partial charge is 0.450 e. The topological polar surface area (TPSA) is 171 Å². The minimum Gasteiger partial charge on any atom is -0.450 e. The lowest BCUT2D eigenvalue weighted by atomic mass is 10.1. The van der Waals surface area contributed by atoms with Crippen molar-refractivity contribution in [3.63, 3.8) is 0 Å². The standard InChI is InChI=1S/C25H34N5O8P/c1-3-38-25(33)30-12-10-29(11-13-30)24(32)22(17-39(34,35)36)28-23(31)21-16-19(26-9-14-37-2)15-20(27-21)18-7-5-4-6-8-18/h4-8,15-16,22H,3,9-14,17H2,1-2H3,(H,26,27)(H,28,31)(H2,34,35,36). The summed E-state index contributed by atoms with van der Waals surface area (Å²) in [7, 11) is -3.12. The lowest BCUT2D eigenvalue weighted by Crippen LogP contribution is -2.56. The van der Waals surface area contributed by atoms with Crippen LogP contribution >= 0.6 is 7.60 Å². The van der Waals surface area contributed by atoms with E-state index in [1.54, 1.807) is 20.1 Å². The zero-order chi connectivity index (χ0) is 28.4. The first-order valence-corrected chi connectivity index (χ1v) is 14.3. The van der Waals surface area contributed by atoms with E-state index in [1.165, 1.54) is 15.9 Å². The summed E-state index contributed by atoms with van der Waals surface area (Å²) >= 11 is 0. The van der Waals surface area contributed by atoms with Gasteiger partial charge in [0.1, 0.15) is 11.7 Å². The monoisotopic (exact) mass is 563 g/mol. The van der Waals surface area contributed by atoms with Gasteiger partial charge in [0.05, 0.1) is 25.1 Å². The van der Waals surface area contributed by atoms with Gasteiger partial charge < -0.3 is 39.7 Å². The second-order valence-corrected chi connectivity index (χ2v) is 10.5. The molecule has 2 heterocycles. The number of hydrogen-bond acceptors (Lipinski definition) is 8. The lowest BCUT2D eigenvalue weighted by molar-refractivity contribution is -0.134. The minimum atomic E-state index is -4.69. The maximum absolute atomic E-state index is 13.3. The number of benzene rings is 1. The Balaban J connectivity index is 1.81. The smallest absolute Gasteiger partial charge is 0.409 e. The van der Waals surface area contributed by atoms with Crippen molar-refractivity contribution in [2.24, 2.45) is 0 Å². The summed E-state index contributed by atoms with van der Waals surface area (Å²) in [6.07, 6.45) is -1.38. The zero-order valence-electron chi connectivity index (χ0n) is 21.9. The molecule has 1 aliphatic rings. The summed E-state index contributed by atoms with van der Waals surface area (Å²) < 4.78 is 21.9. The molecule has 1 saturated heterocycles. The molecule has 212 valence electrons. The number of rotatable bonds is 11. The van der Waals surface area contributed by atoms with E-state index in [9.17, 15) is 28.7 Å². The third-order valence-corrected chi connectivity index (χ3v) is 6.74. The molecule has 3 amide bonds. The van der Waals surface area contributed by atoms with Crippen molar-refractivity contribution in [2.75, 3.05) is 64.5 Å². The van der Waals surface area contributed by atoms with Gasteiger partial charge in [-0.2, -0.15) is 0 Å². The lowest BCUT2D eigenvalue weighted by Gasteiger charge is -2.36. The molecule has 1 aromatic carbocycles. The Labute approximate surface area is 226 Å². The number of carbonyl (C=O) groups is 3. The molecule has 14 heteroatoms. The summed E-state index contributed by atoms with van der Waals surface area (Å²) in [4.78, 5) is 65.0. The minimum absolute atomic E-state index is 0.0353. The summed E-state index contributed by atoms with van der Waals surface area (Å²) in [6, 6.07) is 10.9. The molecule has 13 nitrogen and oxygen atoms in total. The third kappa shape index (κ3) is 9.03. The van der Waals surface area contributed by atoms with E-state index >= 15 is 0 Å². The summed E-state index contributed by atoms with van der Waals surface area (Å²) in [5.41, 5.74) is 1.80. The maximum atomic E-state index is 13.3. The highest BCUT2D eigenvalue weighted by Gasteiger charge is 2.34. The highest BCUT2D eigenvalue weighted by atomic mass is 31.2. The fourth-order valence-electron chi connectivity index (χ4n) is 4.00. The molecule has 0 radical (unpaired) electrons. The fraction of sp³-hybridized carbons (Fsp3) is 0.440. The first-order chi connectivity index (χ1) is 18.6. The van der Waals surface area contributed by atoms with Gasteiger partial charge in [-0.1, -0.05) is 30.3 Å². The highest BCUT2D eigenvalue weighted by Crippen LogP contribution is 2.35. The normalized spacial score (nSPS) is 14.5. The molecule has 1 fully saturated rings. The number of piperazine rings is 1. The summed E-state index contributed by atoms with van der Waals surface area (Å²) in [5, 5.41) is 5.62. The van der Waals surface area contributed by atoms with Crippen molar-refractivity contribution in [1.82, 2.24) is 20.1 Å². The predicted molar refractivity (Wildman–Crippen MR) is 143 cm³/mol. The van der Waals surface area contributed by atoms with Crippen LogP contribution in [0, 0.1) is 0 Å². The predicted octanol–water partition coefficient (Wildman–Crippen LogP) is 1.38. The van der Waals surface area contributed by atoms with E-state index < -0.39 is 37.7 Å².